The monoisotopic (exact) mass is 361 g/mol. The minimum Gasteiger partial charge on any atom is -0.480 e. The van der Waals surface area contributed by atoms with Crippen LogP contribution in [-0.4, -0.2) is 42.3 Å². The molecule has 0 saturated heterocycles. The highest BCUT2D eigenvalue weighted by Gasteiger charge is 2.30. The molecule has 1 aliphatic carbocycles. The summed E-state index contributed by atoms with van der Waals surface area (Å²) in [4.78, 5) is 43.3. The van der Waals surface area contributed by atoms with Gasteiger partial charge >= 0.3 is 11.7 Å². The van der Waals surface area contributed by atoms with Crippen molar-refractivity contribution in [1.82, 2.24) is 18.7 Å². The highest BCUT2D eigenvalue weighted by atomic mass is 16.4. The van der Waals surface area contributed by atoms with Gasteiger partial charge in [0.15, 0.2) is 11.2 Å². The van der Waals surface area contributed by atoms with Gasteiger partial charge < -0.3 is 14.6 Å². The molecule has 4 rings (SSSR count). The van der Waals surface area contributed by atoms with Gasteiger partial charge in [-0.25, -0.2) is 9.36 Å². The Morgan fingerprint density at radius 1 is 1.15 bits per heavy atom. The van der Waals surface area contributed by atoms with Crippen LogP contribution >= 0.6 is 0 Å². The summed E-state index contributed by atoms with van der Waals surface area (Å²) in [6.45, 7) is 0.898. The molecule has 140 valence electrons. The van der Waals surface area contributed by atoms with Crippen LogP contribution in [0.4, 0.5) is 5.95 Å². The Bertz CT molecular complexity index is 980. The van der Waals surface area contributed by atoms with Crippen molar-refractivity contribution in [2.45, 2.75) is 57.7 Å². The van der Waals surface area contributed by atoms with Crippen LogP contribution in [0.2, 0.25) is 0 Å². The van der Waals surface area contributed by atoms with E-state index in [0.717, 1.165) is 36.3 Å². The largest absolute Gasteiger partial charge is 0.480 e. The maximum absolute atomic E-state index is 12.9. The number of carbonyl (C=O) groups is 1. The Labute approximate surface area is 149 Å². The third kappa shape index (κ3) is 2.53. The van der Waals surface area contributed by atoms with Crippen LogP contribution in [0.25, 0.3) is 11.2 Å². The van der Waals surface area contributed by atoms with Gasteiger partial charge in [0.25, 0.3) is 5.56 Å². The third-order valence-electron chi connectivity index (χ3n) is 5.56. The first kappa shape index (κ1) is 16.9. The molecule has 9 nitrogen and oxygen atoms in total. The second kappa shape index (κ2) is 6.30. The lowest BCUT2D eigenvalue weighted by molar-refractivity contribution is -0.137. The molecule has 0 amide bonds. The smallest absolute Gasteiger partial charge is 0.333 e. The van der Waals surface area contributed by atoms with E-state index in [2.05, 4.69) is 9.88 Å². The summed E-state index contributed by atoms with van der Waals surface area (Å²) in [7, 11) is 1.53. The molecule has 9 heteroatoms. The number of carboxylic acid groups (broad SMARTS) is 1. The number of aromatic nitrogens is 4. The second-order valence-electron chi connectivity index (χ2n) is 7.20. The molecule has 0 radical (unpaired) electrons. The first-order valence-electron chi connectivity index (χ1n) is 9.17. The Morgan fingerprint density at radius 2 is 1.88 bits per heavy atom. The van der Waals surface area contributed by atoms with Gasteiger partial charge in [-0.3, -0.25) is 14.2 Å². The molecule has 26 heavy (non-hydrogen) atoms. The van der Waals surface area contributed by atoms with Gasteiger partial charge in [-0.15, -0.1) is 0 Å². The van der Waals surface area contributed by atoms with Crippen LogP contribution in [0.15, 0.2) is 9.59 Å². The number of hydrogen-bond acceptors (Lipinski definition) is 5. The fraction of sp³-hybridized carbons (Fsp3) is 0.647. The topological polar surface area (TPSA) is 102 Å². The van der Waals surface area contributed by atoms with Crippen LogP contribution in [-0.2, 0) is 24.9 Å². The quantitative estimate of drug-likeness (QED) is 0.855. The lowest BCUT2D eigenvalue weighted by Gasteiger charge is -2.37. The van der Waals surface area contributed by atoms with Crippen LogP contribution in [0.1, 0.15) is 38.5 Å². The van der Waals surface area contributed by atoms with Crippen molar-refractivity contribution < 1.29 is 9.90 Å². The van der Waals surface area contributed by atoms with Gasteiger partial charge in [-0.2, -0.15) is 4.98 Å². The zero-order chi connectivity index (χ0) is 18.4. The zero-order valence-electron chi connectivity index (χ0n) is 14.8. The average Bonchev–Trinajstić information content (AvgIpc) is 3.04. The molecule has 0 unspecified atom stereocenters. The highest BCUT2D eigenvalue weighted by molar-refractivity contribution is 5.75. The Kier molecular flexibility index (Phi) is 4.08. The van der Waals surface area contributed by atoms with Crippen molar-refractivity contribution in [3.8, 4) is 0 Å². The average molecular weight is 361 g/mol. The molecule has 2 aromatic heterocycles. The maximum atomic E-state index is 12.9. The van der Waals surface area contributed by atoms with Crippen molar-refractivity contribution in [2.75, 3.05) is 11.4 Å². The third-order valence-corrected chi connectivity index (χ3v) is 5.56. The van der Waals surface area contributed by atoms with Crippen LogP contribution < -0.4 is 16.1 Å². The summed E-state index contributed by atoms with van der Waals surface area (Å²) >= 11 is 0. The number of carboxylic acids is 1. The van der Waals surface area contributed by atoms with E-state index in [1.807, 2.05) is 4.57 Å². The van der Waals surface area contributed by atoms with E-state index < -0.39 is 23.8 Å². The van der Waals surface area contributed by atoms with Gasteiger partial charge in [0, 0.05) is 26.2 Å². The molecular formula is C17H23N5O4. The maximum Gasteiger partial charge on any atom is 0.333 e. The van der Waals surface area contributed by atoms with Crippen LogP contribution in [0, 0.1) is 0 Å². The highest BCUT2D eigenvalue weighted by Crippen LogP contribution is 2.31. The van der Waals surface area contributed by atoms with Crippen molar-refractivity contribution in [2.24, 2.45) is 7.05 Å². The van der Waals surface area contributed by atoms with Crippen molar-refractivity contribution in [3.05, 3.63) is 20.8 Å². The first-order valence-corrected chi connectivity index (χ1v) is 9.17. The predicted molar refractivity (Wildman–Crippen MR) is 95.7 cm³/mol. The molecule has 2 aromatic rings. The summed E-state index contributed by atoms with van der Waals surface area (Å²) in [6.07, 6.45) is 6.79. The Balaban J connectivity index is 1.91. The van der Waals surface area contributed by atoms with Crippen molar-refractivity contribution in [1.29, 1.82) is 0 Å². The number of fused-ring (bicyclic) bond motifs is 3. The number of hydrogen-bond donors (Lipinski definition) is 1. The zero-order valence-corrected chi connectivity index (χ0v) is 14.8. The van der Waals surface area contributed by atoms with E-state index in [4.69, 9.17) is 5.11 Å². The van der Waals surface area contributed by atoms with E-state index >= 15 is 0 Å². The molecule has 1 N–H and O–H groups in total. The van der Waals surface area contributed by atoms with E-state index in [1.54, 1.807) is 0 Å². The van der Waals surface area contributed by atoms with E-state index in [1.165, 1.54) is 30.9 Å². The van der Waals surface area contributed by atoms with Crippen molar-refractivity contribution in [3.63, 3.8) is 0 Å². The summed E-state index contributed by atoms with van der Waals surface area (Å²) in [5.74, 6) is -0.482. The number of aliphatic carboxylic acids is 1. The number of imidazole rings is 1. The molecule has 1 saturated carbocycles. The summed E-state index contributed by atoms with van der Waals surface area (Å²) in [5, 5.41) is 9.04. The minimum absolute atomic E-state index is 0.323. The molecule has 0 aromatic carbocycles. The van der Waals surface area contributed by atoms with Gasteiger partial charge in [-0.1, -0.05) is 19.3 Å². The normalized spacial score (nSPS) is 18.3. The fourth-order valence-corrected chi connectivity index (χ4v) is 4.30. The molecule has 2 aliphatic rings. The molecule has 1 fully saturated rings. The number of nitrogens with zero attached hydrogens (tertiary/aromatic N) is 5. The van der Waals surface area contributed by atoms with Crippen molar-refractivity contribution >= 4 is 23.1 Å². The van der Waals surface area contributed by atoms with Gasteiger partial charge in [0.1, 0.15) is 6.54 Å². The van der Waals surface area contributed by atoms with E-state index in [9.17, 15) is 14.4 Å². The first-order chi connectivity index (χ1) is 12.5. The fourth-order valence-electron chi connectivity index (χ4n) is 4.30. The Hall–Kier alpha value is -2.58. The summed E-state index contributed by atoms with van der Waals surface area (Å²) < 4.78 is 3.93. The van der Waals surface area contributed by atoms with Gasteiger partial charge in [0.2, 0.25) is 5.95 Å². The predicted octanol–water partition coefficient (Wildman–Crippen LogP) is 0.524. The lowest BCUT2D eigenvalue weighted by atomic mass is 9.94. The molecule has 0 spiro atoms. The SMILES string of the molecule is Cn1c(=O)n(CC(=O)O)c(=O)c2c1nc1n2CCCN1C1CCCCC1. The summed E-state index contributed by atoms with van der Waals surface area (Å²) in [6, 6.07) is 0.415. The summed E-state index contributed by atoms with van der Waals surface area (Å²) in [5.41, 5.74) is -0.567. The standard InChI is InChI=1S/C17H23N5O4/c1-19-14-13(15(25)22(17(19)26)10-12(23)24)21-9-5-8-20(16(21)18-14)11-6-3-2-4-7-11/h11H,2-10H2,1H3,(H,23,24). The minimum atomic E-state index is -1.22. The molecule has 0 atom stereocenters. The van der Waals surface area contributed by atoms with Gasteiger partial charge in [-0.05, 0) is 19.3 Å². The van der Waals surface area contributed by atoms with Crippen LogP contribution in [0.3, 0.4) is 0 Å². The van der Waals surface area contributed by atoms with Crippen LogP contribution in [0.5, 0.6) is 0 Å². The van der Waals surface area contributed by atoms with E-state index in [0.29, 0.717) is 23.8 Å². The lowest BCUT2D eigenvalue weighted by Crippen LogP contribution is -2.43. The number of anilines is 1. The molecule has 0 bridgehead atoms. The number of rotatable bonds is 3. The Morgan fingerprint density at radius 3 is 2.58 bits per heavy atom. The molecular weight excluding hydrogens is 338 g/mol. The molecule has 1 aliphatic heterocycles. The van der Waals surface area contributed by atoms with Gasteiger partial charge in [0.05, 0.1) is 0 Å². The molecule has 3 heterocycles. The van der Waals surface area contributed by atoms with E-state index in [-0.39, 0.29) is 0 Å². The number of aryl methyl sites for hydroxylation is 2. The second-order valence-corrected chi connectivity index (χ2v) is 7.20.